The van der Waals surface area contributed by atoms with Crippen molar-refractivity contribution in [2.75, 3.05) is 38.1 Å². The molecule has 0 radical (unpaired) electrons. The normalized spacial score (nSPS) is 29.8. The molecule has 1 aromatic heterocycles. The Bertz CT molecular complexity index is 1750. The number of likely N-dealkylation sites (tertiary alicyclic amines) is 1. The Morgan fingerprint density at radius 1 is 1.08 bits per heavy atom. The number of rotatable bonds is 9. The largest absolute Gasteiger partial charge is 0.396 e. The van der Waals surface area contributed by atoms with Gasteiger partial charge >= 0.3 is 0 Å². The molecule has 4 aliphatic heterocycles. The van der Waals surface area contributed by atoms with Crippen molar-refractivity contribution in [1.29, 1.82) is 0 Å². The van der Waals surface area contributed by atoms with Crippen LogP contribution in [0.3, 0.4) is 0 Å². The van der Waals surface area contributed by atoms with Gasteiger partial charge in [0.05, 0.1) is 18.9 Å². The topological polar surface area (TPSA) is 101 Å². The zero-order valence-electron chi connectivity index (χ0n) is 27.0. The van der Waals surface area contributed by atoms with Crippen LogP contribution in [0.4, 0.5) is 9.52 Å². The van der Waals surface area contributed by atoms with E-state index in [4.69, 9.17) is 4.99 Å². The van der Waals surface area contributed by atoms with Crippen LogP contribution >= 0.6 is 11.3 Å². The second kappa shape index (κ2) is 11.5. The molecule has 250 valence electrons. The van der Waals surface area contributed by atoms with Crippen molar-refractivity contribution in [3.8, 4) is 11.1 Å². The number of aliphatic imine (C=N–C) groups is 1. The molecule has 2 aromatic carbocycles. The Morgan fingerprint density at radius 3 is 2.60 bits per heavy atom. The van der Waals surface area contributed by atoms with Crippen LogP contribution in [0, 0.1) is 17.2 Å². The number of piperidine rings is 1. The third kappa shape index (κ3) is 4.91. The number of anilines is 1. The summed E-state index contributed by atoms with van der Waals surface area (Å²) >= 11 is 1.32. The number of aliphatic hydroxyl groups is 1. The second-order valence-electron chi connectivity index (χ2n) is 15.2. The average Bonchev–Trinajstić information content (AvgIpc) is 3.87. The smallest absolute Gasteiger partial charge is 0.255 e. The molecule has 3 unspecified atom stereocenters. The van der Waals surface area contributed by atoms with Crippen molar-refractivity contribution in [1.82, 2.24) is 19.7 Å². The lowest BCUT2D eigenvalue weighted by Crippen LogP contribution is -2.68. The molecule has 9 nitrogen and oxygen atoms in total. The van der Waals surface area contributed by atoms with E-state index in [1.54, 1.807) is 24.0 Å². The van der Waals surface area contributed by atoms with Crippen molar-refractivity contribution < 1.29 is 19.1 Å². The lowest BCUT2D eigenvalue weighted by Gasteiger charge is -2.72. The SMILES string of the molecule is O=C(Nc1nccs1)C(C1N=CN2CCCC12)N1Cc2c(F)cc(-c3ccc(C45CC(CN6CCC(CO)CC6)(C4)C5)cc3)cc2C1=O. The van der Waals surface area contributed by atoms with Crippen molar-refractivity contribution in [3.63, 3.8) is 0 Å². The van der Waals surface area contributed by atoms with Crippen LogP contribution in [-0.4, -0.2) is 93.9 Å². The fourth-order valence-corrected chi connectivity index (χ4v) is 10.4. The molecular formula is C37H41FN6O3S. The third-order valence-corrected chi connectivity index (χ3v) is 12.9. The minimum Gasteiger partial charge on any atom is -0.396 e. The van der Waals surface area contributed by atoms with Gasteiger partial charge in [0.1, 0.15) is 17.9 Å². The van der Waals surface area contributed by atoms with E-state index < -0.39 is 17.9 Å². The maximum Gasteiger partial charge on any atom is 0.255 e. The number of aromatic nitrogens is 1. The number of fused-ring (bicyclic) bond motifs is 2. The molecule has 3 aromatic rings. The Hall–Kier alpha value is -3.67. The number of hydrogen-bond acceptors (Lipinski definition) is 8. The van der Waals surface area contributed by atoms with Crippen molar-refractivity contribution >= 4 is 34.6 Å². The van der Waals surface area contributed by atoms with E-state index >= 15 is 4.39 Å². The molecular weight excluding hydrogens is 628 g/mol. The van der Waals surface area contributed by atoms with E-state index in [0.717, 1.165) is 50.9 Å². The summed E-state index contributed by atoms with van der Waals surface area (Å²) in [4.78, 5) is 43.0. The predicted molar refractivity (Wildman–Crippen MR) is 182 cm³/mol. The average molecular weight is 669 g/mol. The number of carbonyl (C=O) groups excluding carboxylic acids is 2. The number of nitrogens with zero attached hydrogens (tertiary/aromatic N) is 5. The van der Waals surface area contributed by atoms with E-state index in [1.165, 1.54) is 53.7 Å². The van der Waals surface area contributed by atoms with Crippen LogP contribution in [0.25, 0.3) is 11.1 Å². The molecule has 2 saturated heterocycles. The van der Waals surface area contributed by atoms with Crippen LogP contribution in [0.2, 0.25) is 0 Å². The Morgan fingerprint density at radius 2 is 1.88 bits per heavy atom. The van der Waals surface area contributed by atoms with Gasteiger partial charge in [-0.05, 0) is 104 Å². The molecule has 48 heavy (non-hydrogen) atoms. The molecule has 2 bridgehead atoms. The highest BCUT2D eigenvalue weighted by Crippen LogP contribution is 2.73. The first kappa shape index (κ1) is 30.4. The molecule has 7 aliphatic rings. The molecule has 3 aliphatic carbocycles. The molecule has 5 heterocycles. The van der Waals surface area contributed by atoms with Crippen molar-refractivity contribution in [2.45, 2.75) is 75.0 Å². The van der Waals surface area contributed by atoms with E-state index in [9.17, 15) is 14.7 Å². The summed E-state index contributed by atoms with van der Waals surface area (Å²) in [5.74, 6) is -0.644. The van der Waals surface area contributed by atoms with Gasteiger partial charge in [0, 0.05) is 42.4 Å². The van der Waals surface area contributed by atoms with Crippen LogP contribution in [0.1, 0.15) is 66.4 Å². The van der Waals surface area contributed by atoms with Crippen LogP contribution in [0.15, 0.2) is 53.0 Å². The van der Waals surface area contributed by atoms with Crippen molar-refractivity contribution in [3.05, 3.63) is 70.5 Å². The van der Waals surface area contributed by atoms with E-state index in [-0.39, 0.29) is 29.8 Å². The van der Waals surface area contributed by atoms with Gasteiger partial charge < -0.3 is 25.1 Å². The van der Waals surface area contributed by atoms with Gasteiger partial charge in [-0.15, -0.1) is 11.3 Å². The summed E-state index contributed by atoms with van der Waals surface area (Å²) in [7, 11) is 0. The monoisotopic (exact) mass is 668 g/mol. The summed E-state index contributed by atoms with van der Waals surface area (Å²) in [6, 6.07) is 10.5. The Kier molecular flexibility index (Phi) is 7.25. The van der Waals surface area contributed by atoms with Crippen molar-refractivity contribution in [2.24, 2.45) is 16.3 Å². The van der Waals surface area contributed by atoms with E-state index in [0.29, 0.717) is 39.8 Å². The molecule has 5 fully saturated rings. The molecule has 3 saturated carbocycles. The van der Waals surface area contributed by atoms with Crippen LogP contribution in [-0.2, 0) is 16.8 Å². The highest BCUT2D eigenvalue weighted by atomic mass is 32.1. The summed E-state index contributed by atoms with van der Waals surface area (Å²) in [6.45, 7) is 4.58. The number of nitrogens with one attached hydrogen (secondary N) is 1. The fraction of sp³-hybridized carbons (Fsp3) is 0.514. The second-order valence-corrected chi connectivity index (χ2v) is 16.1. The fourth-order valence-electron chi connectivity index (χ4n) is 9.89. The number of halogens is 1. The standard InChI is InChI=1S/C37H41FN6O3S/c38-29-15-25(24-3-5-26(6-4-24)37-18-36(19-37,20-37)21-42-11-7-23(17-45)8-12-42)14-27-28(29)16-44(34(27)47)32(33(46)41-35-39-9-13-48-35)31-30-2-1-10-43(30)22-40-31/h3-6,9,13-15,22-23,30-32,45H,1-2,7-8,10-12,16-21H2,(H,39,41,46). The number of aliphatic hydroxyl groups excluding tert-OH is 1. The number of carbonyl (C=O) groups is 2. The first-order valence-corrected chi connectivity index (χ1v) is 18.3. The number of amides is 2. The summed E-state index contributed by atoms with van der Waals surface area (Å²) in [5.41, 5.74) is 4.23. The maximum absolute atomic E-state index is 15.8. The van der Waals surface area contributed by atoms with E-state index in [1.807, 2.05) is 0 Å². The van der Waals surface area contributed by atoms with E-state index in [2.05, 4.69) is 44.4 Å². The third-order valence-electron chi connectivity index (χ3n) is 12.2. The summed E-state index contributed by atoms with van der Waals surface area (Å²) < 4.78 is 15.8. The van der Waals surface area contributed by atoms with Gasteiger partial charge in [0.15, 0.2) is 5.13 Å². The van der Waals surface area contributed by atoms with Gasteiger partial charge in [-0.1, -0.05) is 24.3 Å². The molecule has 2 N–H and O–H groups in total. The van der Waals surface area contributed by atoms with Crippen LogP contribution in [0.5, 0.6) is 0 Å². The number of hydrogen-bond donors (Lipinski definition) is 2. The Labute approximate surface area is 283 Å². The van der Waals surface area contributed by atoms with Gasteiger partial charge in [0.25, 0.3) is 11.8 Å². The molecule has 0 spiro atoms. The predicted octanol–water partition coefficient (Wildman–Crippen LogP) is 4.91. The number of thiazole rings is 1. The van der Waals surface area contributed by atoms with Crippen LogP contribution < -0.4 is 5.32 Å². The lowest BCUT2D eigenvalue weighted by molar-refractivity contribution is -0.158. The minimum absolute atomic E-state index is 0.0254. The van der Waals surface area contributed by atoms with Gasteiger partial charge in [-0.25, -0.2) is 9.37 Å². The zero-order chi connectivity index (χ0) is 32.6. The summed E-state index contributed by atoms with van der Waals surface area (Å²) in [5, 5.41) is 14.6. The quantitative estimate of drug-likeness (QED) is 0.336. The molecule has 2 amide bonds. The van der Waals surface area contributed by atoms with Gasteiger partial charge in [-0.2, -0.15) is 0 Å². The zero-order valence-corrected chi connectivity index (χ0v) is 27.8. The minimum atomic E-state index is -0.885. The highest BCUT2D eigenvalue weighted by Gasteiger charge is 2.68. The molecule has 11 heteroatoms. The van der Waals surface area contributed by atoms with Gasteiger partial charge in [-0.3, -0.25) is 14.6 Å². The molecule has 3 atom stereocenters. The lowest BCUT2D eigenvalue weighted by atomic mass is 9.33. The van der Waals surface area contributed by atoms with Gasteiger partial charge in [0.2, 0.25) is 0 Å². The first-order valence-electron chi connectivity index (χ1n) is 17.4. The summed E-state index contributed by atoms with van der Waals surface area (Å²) in [6.07, 6.45) is 11.2. The highest BCUT2D eigenvalue weighted by molar-refractivity contribution is 7.13. The maximum atomic E-state index is 15.8. The molecule has 10 rings (SSSR count). The number of benzene rings is 2. The Balaban J connectivity index is 0.913. The first-order chi connectivity index (χ1) is 23.3.